The van der Waals surface area contributed by atoms with Crippen molar-refractivity contribution in [2.75, 3.05) is 18.5 Å². The fraction of sp³-hybridized carbons (Fsp3) is 0.438. The van der Waals surface area contributed by atoms with E-state index in [0.717, 1.165) is 35.2 Å². The molecule has 0 aliphatic heterocycles. The van der Waals surface area contributed by atoms with Crippen LogP contribution in [-0.2, 0) is 0 Å². The van der Waals surface area contributed by atoms with Crippen LogP contribution < -0.4 is 15.4 Å². The first-order valence-corrected chi connectivity index (χ1v) is 8.29. The highest BCUT2D eigenvalue weighted by Crippen LogP contribution is 2.25. The summed E-state index contributed by atoms with van der Waals surface area (Å²) in [6.07, 6.45) is 1.13. The van der Waals surface area contributed by atoms with Gasteiger partial charge in [-0.1, -0.05) is 6.92 Å². The van der Waals surface area contributed by atoms with Gasteiger partial charge in [0.2, 0.25) is 0 Å². The molecule has 1 unspecified atom stereocenters. The van der Waals surface area contributed by atoms with Crippen LogP contribution in [0.3, 0.4) is 0 Å². The summed E-state index contributed by atoms with van der Waals surface area (Å²) < 4.78 is 5.44. The fourth-order valence-electron chi connectivity index (χ4n) is 1.93. The first-order valence-electron chi connectivity index (χ1n) is 7.41. The number of nitrogens with zero attached hydrogens (tertiary/aromatic N) is 1. The second kappa shape index (κ2) is 8.00. The maximum atomic E-state index is 5.44. The Morgan fingerprint density at radius 3 is 2.67 bits per heavy atom. The predicted octanol–water partition coefficient (Wildman–Crippen LogP) is 4.35. The third-order valence-electron chi connectivity index (χ3n) is 3.08. The van der Waals surface area contributed by atoms with E-state index in [1.165, 1.54) is 0 Å². The molecule has 5 heteroatoms. The number of anilines is 2. The molecule has 1 heterocycles. The van der Waals surface area contributed by atoms with Crippen molar-refractivity contribution in [2.24, 2.45) is 0 Å². The minimum absolute atomic E-state index is 0.289. The minimum atomic E-state index is 0.289. The van der Waals surface area contributed by atoms with Gasteiger partial charge >= 0.3 is 0 Å². The summed E-state index contributed by atoms with van der Waals surface area (Å²) in [7, 11) is 0. The molecule has 1 atom stereocenters. The van der Waals surface area contributed by atoms with Gasteiger partial charge in [0.25, 0.3) is 0 Å². The van der Waals surface area contributed by atoms with Crippen LogP contribution in [0.25, 0.3) is 0 Å². The number of hydrogen-bond acceptors (Lipinski definition) is 5. The number of thiazole rings is 1. The van der Waals surface area contributed by atoms with Crippen molar-refractivity contribution in [1.82, 2.24) is 10.3 Å². The Bertz CT molecular complexity index is 539. The largest absolute Gasteiger partial charge is 0.494 e. The quantitative estimate of drug-likeness (QED) is 0.761. The fourth-order valence-corrected chi connectivity index (χ4v) is 2.76. The van der Waals surface area contributed by atoms with Crippen molar-refractivity contribution < 1.29 is 4.74 Å². The van der Waals surface area contributed by atoms with Crippen molar-refractivity contribution >= 4 is 22.2 Å². The van der Waals surface area contributed by atoms with Gasteiger partial charge in [0.1, 0.15) is 5.75 Å². The molecule has 0 radical (unpaired) electrons. The molecule has 2 N–H and O–H groups in total. The Balaban J connectivity index is 1.95. The Kier molecular flexibility index (Phi) is 6.02. The third kappa shape index (κ3) is 4.72. The second-order valence-corrected chi connectivity index (χ2v) is 5.69. The first kappa shape index (κ1) is 15.8. The zero-order valence-corrected chi connectivity index (χ0v) is 13.7. The average molecular weight is 305 g/mol. The van der Waals surface area contributed by atoms with Gasteiger partial charge in [-0.25, -0.2) is 4.98 Å². The van der Waals surface area contributed by atoms with Crippen LogP contribution in [0.5, 0.6) is 5.75 Å². The lowest BCUT2D eigenvalue weighted by atomic mass is 10.2. The molecule has 2 rings (SSSR count). The normalized spacial score (nSPS) is 12.1. The Morgan fingerprint density at radius 1 is 1.24 bits per heavy atom. The van der Waals surface area contributed by atoms with Crippen molar-refractivity contribution in [3.05, 3.63) is 35.3 Å². The number of rotatable bonds is 8. The number of benzene rings is 1. The number of ether oxygens (including phenoxy) is 1. The Labute approximate surface area is 130 Å². The standard InChI is InChI=1S/C16H23N3OS/c1-4-10-17-12(3)15-11-21-16(19-15)18-13-6-8-14(9-7-13)20-5-2/h6-9,11-12,17H,4-5,10H2,1-3H3,(H,18,19). The molecule has 0 saturated heterocycles. The molecular formula is C16H23N3OS. The molecule has 0 amide bonds. The summed E-state index contributed by atoms with van der Waals surface area (Å²) in [5, 5.41) is 9.79. The van der Waals surface area contributed by atoms with Gasteiger partial charge in [0.15, 0.2) is 5.13 Å². The number of aromatic nitrogens is 1. The van der Waals surface area contributed by atoms with Crippen molar-refractivity contribution in [3.63, 3.8) is 0 Å². The number of nitrogens with one attached hydrogen (secondary N) is 2. The lowest BCUT2D eigenvalue weighted by Crippen LogP contribution is -2.19. The summed E-state index contributed by atoms with van der Waals surface area (Å²) in [5.74, 6) is 0.889. The van der Waals surface area contributed by atoms with E-state index < -0.39 is 0 Å². The summed E-state index contributed by atoms with van der Waals surface area (Å²) in [6, 6.07) is 8.23. The topological polar surface area (TPSA) is 46.2 Å². The molecular weight excluding hydrogens is 282 g/mol. The van der Waals surface area contributed by atoms with Crippen LogP contribution in [0, 0.1) is 0 Å². The third-order valence-corrected chi connectivity index (χ3v) is 3.86. The van der Waals surface area contributed by atoms with Crippen LogP contribution in [-0.4, -0.2) is 18.1 Å². The second-order valence-electron chi connectivity index (χ2n) is 4.84. The van der Waals surface area contributed by atoms with E-state index in [2.05, 4.69) is 34.8 Å². The number of hydrogen-bond donors (Lipinski definition) is 2. The smallest absolute Gasteiger partial charge is 0.187 e. The maximum absolute atomic E-state index is 5.44. The van der Waals surface area contributed by atoms with E-state index in [-0.39, 0.29) is 6.04 Å². The van der Waals surface area contributed by atoms with E-state index in [0.29, 0.717) is 6.61 Å². The van der Waals surface area contributed by atoms with Crippen LogP contribution in [0.1, 0.15) is 38.9 Å². The molecule has 4 nitrogen and oxygen atoms in total. The van der Waals surface area contributed by atoms with Crippen LogP contribution in [0.2, 0.25) is 0 Å². The molecule has 0 fully saturated rings. The van der Waals surface area contributed by atoms with E-state index in [4.69, 9.17) is 4.74 Å². The van der Waals surface area contributed by atoms with Gasteiger partial charge in [-0.05, 0) is 51.1 Å². The van der Waals surface area contributed by atoms with Gasteiger partial charge in [0, 0.05) is 17.1 Å². The zero-order valence-electron chi connectivity index (χ0n) is 12.8. The van der Waals surface area contributed by atoms with Crippen LogP contribution >= 0.6 is 11.3 Å². The van der Waals surface area contributed by atoms with Crippen molar-refractivity contribution in [2.45, 2.75) is 33.2 Å². The molecule has 0 aliphatic rings. The summed E-state index contributed by atoms with van der Waals surface area (Å²) >= 11 is 1.63. The zero-order chi connectivity index (χ0) is 15.1. The molecule has 0 saturated carbocycles. The van der Waals surface area contributed by atoms with E-state index in [1.807, 2.05) is 31.2 Å². The van der Waals surface area contributed by atoms with Crippen LogP contribution in [0.15, 0.2) is 29.6 Å². The monoisotopic (exact) mass is 305 g/mol. The van der Waals surface area contributed by atoms with E-state index in [1.54, 1.807) is 11.3 Å². The molecule has 2 aromatic rings. The van der Waals surface area contributed by atoms with E-state index >= 15 is 0 Å². The van der Waals surface area contributed by atoms with Crippen molar-refractivity contribution in [3.8, 4) is 5.75 Å². The maximum Gasteiger partial charge on any atom is 0.187 e. The summed E-state index contributed by atoms with van der Waals surface area (Å²) in [4.78, 5) is 4.63. The van der Waals surface area contributed by atoms with Gasteiger partial charge in [-0.3, -0.25) is 0 Å². The Morgan fingerprint density at radius 2 is 2.00 bits per heavy atom. The molecule has 0 bridgehead atoms. The molecule has 1 aromatic heterocycles. The Hall–Kier alpha value is -1.59. The highest BCUT2D eigenvalue weighted by molar-refractivity contribution is 7.13. The molecule has 0 aliphatic carbocycles. The van der Waals surface area contributed by atoms with Gasteiger partial charge < -0.3 is 15.4 Å². The molecule has 114 valence electrons. The van der Waals surface area contributed by atoms with E-state index in [9.17, 15) is 0 Å². The molecule has 21 heavy (non-hydrogen) atoms. The highest BCUT2D eigenvalue weighted by atomic mass is 32.1. The van der Waals surface area contributed by atoms with Crippen molar-refractivity contribution in [1.29, 1.82) is 0 Å². The lowest BCUT2D eigenvalue weighted by molar-refractivity contribution is 0.340. The molecule has 1 aromatic carbocycles. The SMILES string of the molecule is CCCNC(C)c1csc(Nc2ccc(OCC)cc2)n1. The molecule has 0 spiro atoms. The average Bonchev–Trinajstić information content (AvgIpc) is 2.96. The predicted molar refractivity (Wildman–Crippen MR) is 89.7 cm³/mol. The van der Waals surface area contributed by atoms with Gasteiger partial charge in [-0.2, -0.15) is 0 Å². The lowest BCUT2D eigenvalue weighted by Gasteiger charge is -2.09. The van der Waals surface area contributed by atoms with Crippen LogP contribution in [0.4, 0.5) is 10.8 Å². The summed E-state index contributed by atoms with van der Waals surface area (Å²) in [5.41, 5.74) is 2.11. The minimum Gasteiger partial charge on any atom is -0.494 e. The van der Waals surface area contributed by atoms with Gasteiger partial charge in [-0.15, -0.1) is 11.3 Å². The van der Waals surface area contributed by atoms with Gasteiger partial charge in [0.05, 0.1) is 12.3 Å². The first-order chi connectivity index (χ1) is 10.2. The highest BCUT2D eigenvalue weighted by Gasteiger charge is 2.09. The summed E-state index contributed by atoms with van der Waals surface area (Å²) in [6.45, 7) is 7.99.